The first kappa shape index (κ1) is 23.8. The second kappa shape index (κ2) is 11.7. The first-order valence-electron chi connectivity index (χ1n) is 10.5. The molecule has 6 nitrogen and oxygen atoms in total. The van der Waals surface area contributed by atoms with Crippen molar-refractivity contribution in [1.29, 1.82) is 0 Å². The van der Waals surface area contributed by atoms with Gasteiger partial charge >= 0.3 is 0 Å². The molecule has 0 unspecified atom stereocenters. The number of hydrogen-bond donors (Lipinski definition) is 2. The summed E-state index contributed by atoms with van der Waals surface area (Å²) in [5, 5.41) is 12.8. The minimum absolute atomic E-state index is 0.0367. The van der Waals surface area contributed by atoms with Gasteiger partial charge in [0.05, 0.1) is 11.5 Å². The fourth-order valence-corrected chi connectivity index (χ4v) is 4.50. The lowest BCUT2D eigenvalue weighted by molar-refractivity contribution is -0.122. The van der Waals surface area contributed by atoms with Gasteiger partial charge in [-0.25, -0.2) is 0 Å². The number of nitrogens with one attached hydrogen (secondary N) is 1. The molecular formula is C24H26N2O4S2. The van der Waals surface area contributed by atoms with Crippen LogP contribution in [0.5, 0.6) is 11.5 Å². The van der Waals surface area contributed by atoms with Gasteiger partial charge in [-0.1, -0.05) is 48.6 Å². The van der Waals surface area contributed by atoms with Crippen LogP contribution in [-0.2, 0) is 9.59 Å². The number of rotatable bonds is 10. The molecule has 1 saturated heterocycles. The molecule has 2 N–H and O–H groups in total. The van der Waals surface area contributed by atoms with Crippen LogP contribution in [0.1, 0.15) is 38.2 Å². The minimum atomic E-state index is -0.142. The van der Waals surface area contributed by atoms with Crippen LogP contribution in [0.15, 0.2) is 53.4 Å². The number of thiocarbonyl (C=S) groups is 1. The number of phenolic OH excluding ortho intramolecular Hbond substituents is 1. The molecule has 1 aliphatic rings. The van der Waals surface area contributed by atoms with Crippen molar-refractivity contribution in [2.75, 3.05) is 18.5 Å². The summed E-state index contributed by atoms with van der Waals surface area (Å²) in [7, 11) is 0. The summed E-state index contributed by atoms with van der Waals surface area (Å²) in [5.41, 5.74) is 1.33. The monoisotopic (exact) mass is 470 g/mol. The van der Waals surface area contributed by atoms with E-state index in [9.17, 15) is 14.7 Å². The zero-order valence-corrected chi connectivity index (χ0v) is 19.5. The van der Waals surface area contributed by atoms with Crippen LogP contribution in [0.2, 0.25) is 0 Å². The van der Waals surface area contributed by atoms with Gasteiger partial charge in [0.1, 0.15) is 15.8 Å². The number of carbonyl (C=O) groups excluding carboxylic acids is 2. The number of aromatic hydroxyl groups is 1. The molecular weight excluding hydrogens is 444 g/mol. The molecule has 1 heterocycles. The van der Waals surface area contributed by atoms with E-state index in [1.165, 1.54) is 11.8 Å². The average molecular weight is 471 g/mol. The van der Waals surface area contributed by atoms with Gasteiger partial charge < -0.3 is 15.2 Å². The van der Waals surface area contributed by atoms with E-state index < -0.39 is 0 Å². The predicted octanol–water partition coefficient (Wildman–Crippen LogP) is 5.19. The lowest BCUT2D eigenvalue weighted by Crippen LogP contribution is -2.29. The number of nitrogens with zero attached hydrogens (tertiary/aromatic N) is 1. The lowest BCUT2D eigenvalue weighted by Gasteiger charge is -2.14. The molecule has 3 rings (SSSR count). The fourth-order valence-electron chi connectivity index (χ4n) is 3.20. The van der Waals surface area contributed by atoms with E-state index in [4.69, 9.17) is 17.0 Å². The van der Waals surface area contributed by atoms with Crippen molar-refractivity contribution in [3.8, 4) is 11.5 Å². The Balaban J connectivity index is 1.39. The van der Waals surface area contributed by atoms with E-state index in [1.54, 1.807) is 35.2 Å². The number of hydrogen-bond acceptors (Lipinski definition) is 6. The molecule has 2 amide bonds. The summed E-state index contributed by atoms with van der Waals surface area (Å²) in [4.78, 5) is 26.9. The highest BCUT2D eigenvalue weighted by atomic mass is 32.2. The zero-order valence-electron chi connectivity index (χ0n) is 17.9. The Bertz CT molecular complexity index is 1010. The number of phenols is 1. The summed E-state index contributed by atoms with van der Waals surface area (Å²) in [5.74, 6) is 0.722. The molecule has 2 aromatic carbocycles. The van der Waals surface area contributed by atoms with Crippen molar-refractivity contribution < 1.29 is 19.4 Å². The summed E-state index contributed by atoms with van der Waals surface area (Å²) in [6, 6.07) is 14.2. The van der Waals surface area contributed by atoms with Gasteiger partial charge in [0, 0.05) is 24.2 Å². The molecule has 0 atom stereocenters. The summed E-state index contributed by atoms with van der Waals surface area (Å²) >= 11 is 6.60. The van der Waals surface area contributed by atoms with E-state index in [0.29, 0.717) is 34.4 Å². The minimum Gasteiger partial charge on any atom is -0.507 e. The number of amides is 2. The number of ether oxygens (including phenoxy) is 1. The average Bonchev–Trinajstić information content (AvgIpc) is 3.04. The molecule has 32 heavy (non-hydrogen) atoms. The van der Waals surface area contributed by atoms with E-state index in [0.717, 1.165) is 30.7 Å². The van der Waals surface area contributed by atoms with Gasteiger partial charge in [0.15, 0.2) is 0 Å². The fraction of sp³-hybridized carbons (Fsp3) is 0.292. The summed E-state index contributed by atoms with van der Waals surface area (Å²) < 4.78 is 5.91. The predicted molar refractivity (Wildman–Crippen MR) is 133 cm³/mol. The highest BCUT2D eigenvalue weighted by Crippen LogP contribution is 2.34. The van der Waals surface area contributed by atoms with Crippen molar-refractivity contribution in [3.05, 3.63) is 59.0 Å². The molecule has 0 radical (unpaired) electrons. The SMILES string of the molecule is CCOc1ccc(NC(=O)CCCCCN2C(=O)/C(=C/c3ccccc3O)SC2=S)cc1. The highest BCUT2D eigenvalue weighted by molar-refractivity contribution is 8.26. The van der Waals surface area contributed by atoms with Crippen molar-refractivity contribution in [3.63, 3.8) is 0 Å². The van der Waals surface area contributed by atoms with Gasteiger partial charge in [0.2, 0.25) is 5.91 Å². The Labute approximate surface area is 197 Å². The van der Waals surface area contributed by atoms with Crippen molar-refractivity contribution >= 4 is 51.9 Å². The topological polar surface area (TPSA) is 78.9 Å². The first-order chi connectivity index (χ1) is 15.5. The third-order valence-electron chi connectivity index (χ3n) is 4.83. The summed E-state index contributed by atoms with van der Waals surface area (Å²) in [6.45, 7) is 3.05. The standard InChI is InChI=1S/C24H26N2O4S2/c1-2-30-19-13-11-18(12-14-19)25-22(28)10-4-3-7-15-26-23(29)21(32-24(26)31)16-17-8-5-6-9-20(17)27/h5-6,8-9,11-14,16,27H,2-4,7,10,15H2,1H3,(H,25,28)/b21-16-. The first-order valence-corrected chi connectivity index (χ1v) is 11.8. The van der Waals surface area contributed by atoms with Crippen molar-refractivity contribution in [1.82, 2.24) is 4.90 Å². The van der Waals surface area contributed by atoms with Gasteiger partial charge in [0.25, 0.3) is 5.91 Å². The molecule has 1 fully saturated rings. The number of anilines is 1. The second-order valence-electron chi connectivity index (χ2n) is 7.21. The van der Waals surface area contributed by atoms with Crippen LogP contribution in [0.25, 0.3) is 6.08 Å². The zero-order chi connectivity index (χ0) is 22.9. The smallest absolute Gasteiger partial charge is 0.266 e. The van der Waals surface area contributed by atoms with E-state index in [1.807, 2.05) is 31.2 Å². The van der Waals surface area contributed by atoms with Crippen LogP contribution in [0, 0.1) is 0 Å². The Morgan fingerprint density at radius 2 is 1.91 bits per heavy atom. The normalized spacial score (nSPS) is 14.8. The molecule has 2 aromatic rings. The lowest BCUT2D eigenvalue weighted by atomic mass is 10.1. The van der Waals surface area contributed by atoms with Crippen LogP contribution in [0.4, 0.5) is 5.69 Å². The van der Waals surface area contributed by atoms with Crippen LogP contribution >= 0.6 is 24.0 Å². The largest absolute Gasteiger partial charge is 0.507 e. The number of benzene rings is 2. The molecule has 168 valence electrons. The molecule has 0 bridgehead atoms. The maximum Gasteiger partial charge on any atom is 0.266 e. The van der Waals surface area contributed by atoms with Crippen molar-refractivity contribution in [2.45, 2.75) is 32.6 Å². The van der Waals surface area contributed by atoms with Crippen molar-refractivity contribution in [2.24, 2.45) is 0 Å². The van der Waals surface area contributed by atoms with Crippen LogP contribution in [-0.4, -0.2) is 39.3 Å². The van der Waals surface area contributed by atoms with Crippen LogP contribution < -0.4 is 10.1 Å². The van der Waals surface area contributed by atoms with Gasteiger partial charge in [-0.2, -0.15) is 0 Å². The maximum absolute atomic E-state index is 12.7. The second-order valence-corrected chi connectivity index (χ2v) is 8.88. The van der Waals surface area contributed by atoms with E-state index in [-0.39, 0.29) is 17.6 Å². The molecule has 1 aliphatic heterocycles. The number of para-hydroxylation sites is 1. The molecule has 0 aromatic heterocycles. The van der Waals surface area contributed by atoms with E-state index >= 15 is 0 Å². The Morgan fingerprint density at radius 1 is 1.16 bits per heavy atom. The Hall–Kier alpha value is -2.84. The Kier molecular flexibility index (Phi) is 8.70. The molecule has 0 aliphatic carbocycles. The van der Waals surface area contributed by atoms with E-state index in [2.05, 4.69) is 5.32 Å². The van der Waals surface area contributed by atoms with Crippen LogP contribution in [0.3, 0.4) is 0 Å². The highest BCUT2D eigenvalue weighted by Gasteiger charge is 2.31. The molecule has 0 spiro atoms. The van der Waals surface area contributed by atoms with Gasteiger partial charge in [-0.3, -0.25) is 14.5 Å². The number of thioether (sulfide) groups is 1. The van der Waals surface area contributed by atoms with Gasteiger partial charge in [-0.05, 0) is 56.2 Å². The third kappa shape index (κ3) is 6.58. The quantitative estimate of drug-likeness (QED) is 0.283. The summed E-state index contributed by atoms with van der Waals surface area (Å²) in [6.07, 6.45) is 4.38. The Morgan fingerprint density at radius 3 is 2.62 bits per heavy atom. The third-order valence-corrected chi connectivity index (χ3v) is 6.21. The number of carbonyl (C=O) groups is 2. The molecule has 0 saturated carbocycles. The van der Waals surface area contributed by atoms with Gasteiger partial charge in [-0.15, -0.1) is 0 Å². The number of unbranched alkanes of at least 4 members (excludes halogenated alkanes) is 2. The maximum atomic E-state index is 12.7. The molecule has 8 heteroatoms.